The lowest BCUT2D eigenvalue weighted by atomic mass is 9.92. The van der Waals surface area contributed by atoms with Gasteiger partial charge >= 0.3 is 0 Å². The molecule has 0 amide bonds. The lowest BCUT2D eigenvalue weighted by Gasteiger charge is -2.26. The van der Waals surface area contributed by atoms with Crippen molar-refractivity contribution in [1.29, 1.82) is 0 Å². The van der Waals surface area contributed by atoms with Gasteiger partial charge in [-0.15, -0.1) is 0 Å². The van der Waals surface area contributed by atoms with E-state index in [0.29, 0.717) is 11.4 Å². The SMILES string of the molecule is O=S(=O)(CC1CNc2ccc(-c3ccccc3)cc2C1)c1ccccc1. The van der Waals surface area contributed by atoms with E-state index < -0.39 is 9.84 Å². The summed E-state index contributed by atoms with van der Waals surface area (Å²) in [6.45, 7) is 0.684. The molecule has 0 saturated heterocycles. The monoisotopic (exact) mass is 363 g/mol. The fraction of sp³-hybridized carbons (Fsp3) is 0.182. The quantitative estimate of drug-likeness (QED) is 0.747. The second-order valence-corrected chi connectivity index (χ2v) is 8.82. The zero-order valence-corrected chi connectivity index (χ0v) is 15.2. The van der Waals surface area contributed by atoms with Crippen molar-refractivity contribution < 1.29 is 8.42 Å². The average molecular weight is 363 g/mol. The van der Waals surface area contributed by atoms with Crippen LogP contribution in [-0.2, 0) is 16.3 Å². The van der Waals surface area contributed by atoms with Gasteiger partial charge in [0.2, 0.25) is 0 Å². The van der Waals surface area contributed by atoms with E-state index in [4.69, 9.17) is 0 Å². The molecule has 1 aliphatic heterocycles. The van der Waals surface area contributed by atoms with Gasteiger partial charge in [0.05, 0.1) is 10.6 Å². The topological polar surface area (TPSA) is 46.2 Å². The van der Waals surface area contributed by atoms with Crippen LogP contribution in [0.5, 0.6) is 0 Å². The van der Waals surface area contributed by atoms with Crippen molar-refractivity contribution in [2.45, 2.75) is 11.3 Å². The summed E-state index contributed by atoms with van der Waals surface area (Å²) in [4.78, 5) is 0.406. The number of benzene rings is 3. The summed E-state index contributed by atoms with van der Waals surface area (Å²) in [5.41, 5.74) is 4.64. The standard InChI is InChI=1S/C22H21NO2S/c24-26(25,21-9-5-2-6-10-21)16-17-13-20-14-19(11-12-22(20)23-15-17)18-7-3-1-4-8-18/h1-12,14,17,23H,13,15-16H2. The fourth-order valence-corrected chi connectivity index (χ4v) is 5.16. The average Bonchev–Trinajstić information content (AvgIpc) is 2.68. The zero-order valence-electron chi connectivity index (χ0n) is 14.4. The van der Waals surface area contributed by atoms with Gasteiger partial charge in [0.15, 0.2) is 9.84 Å². The van der Waals surface area contributed by atoms with E-state index in [1.165, 1.54) is 11.1 Å². The lowest BCUT2D eigenvalue weighted by Crippen LogP contribution is -2.29. The maximum Gasteiger partial charge on any atom is 0.178 e. The van der Waals surface area contributed by atoms with Gasteiger partial charge in [-0.3, -0.25) is 0 Å². The molecule has 0 saturated carbocycles. The molecular formula is C22H21NO2S. The molecule has 132 valence electrons. The van der Waals surface area contributed by atoms with Crippen molar-refractivity contribution >= 4 is 15.5 Å². The molecule has 0 spiro atoms. The molecule has 26 heavy (non-hydrogen) atoms. The van der Waals surface area contributed by atoms with Crippen LogP contribution >= 0.6 is 0 Å². The van der Waals surface area contributed by atoms with Crippen LogP contribution in [0.4, 0.5) is 5.69 Å². The molecule has 0 aromatic heterocycles. The number of nitrogens with one attached hydrogen (secondary N) is 1. The molecule has 1 unspecified atom stereocenters. The van der Waals surface area contributed by atoms with Crippen molar-refractivity contribution in [2.75, 3.05) is 17.6 Å². The largest absolute Gasteiger partial charge is 0.384 e. The fourth-order valence-electron chi connectivity index (χ4n) is 3.53. The molecule has 3 aromatic rings. The molecule has 4 rings (SSSR count). The zero-order chi connectivity index (χ0) is 18.0. The van der Waals surface area contributed by atoms with E-state index in [9.17, 15) is 8.42 Å². The summed E-state index contributed by atoms with van der Waals surface area (Å²) >= 11 is 0. The molecule has 0 fully saturated rings. The first kappa shape index (κ1) is 16.9. The molecule has 1 N–H and O–H groups in total. The third-order valence-corrected chi connectivity index (χ3v) is 6.76. The first-order valence-electron chi connectivity index (χ1n) is 8.82. The van der Waals surface area contributed by atoms with Crippen LogP contribution in [0.3, 0.4) is 0 Å². The summed E-state index contributed by atoms with van der Waals surface area (Å²) in [5.74, 6) is 0.234. The van der Waals surface area contributed by atoms with E-state index in [1.54, 1.807) is 24.3 Å². The van der Waals surface area contributed by atoms with E-state index in [-0.39, 0.29) is 11.7 Å². The highest BCUT2D eigenvalue weighted by molar-refractivity contribution is 7.91. The van der Waals surface area contributed by atoms with Gasteiger partial charge in [0, 0.05) is 12.2 Å². The number of hydrogen-bond donors (Lipinski definition) is 1. The van der Waals surface area contributed by atoms with Gasteiger partial charge < -0.3 is 5.32 Å². The molecule has 0 bridgehead atoms. The number of hydrogen-bond acceptors (Lipinski definition) is 3. The lowest BCUT2D eigenvalue weighted by molar-refractivity contribution is 0.553. The highest BCUT2D eigenvalue weighted by atomic mass is 32.2. The Balaban J connectivity index is 1.56. The summed E-state index contributed by atoms with van der Waals surface area (Å²) in [6, 6.07) is 25.4. The molecule has 3 nitrogen and oxygen atoms in total. The Morgan fingerprint density at radius 3 is 2.27 bits per heavy atom. The van der Waals surface area contributed by atoms with E-state index in [1.807, 2.05) is 24.3 Å². The number of fused-ring (bicyclic) bond motifs is 1. The normalized spacial score (nSPS) is 16.5. The molecule has 0 aliphatic carbocycles. The minimum Gasteiger partial charge on any atom is -0.384 e. The predicted molar refractivity (Wildman–Crippen MR) is 106 cm³/mol. The Morgan fingerprint density at radius 1 is 0.846 bits per heavy atom. The van der Waals surface area contributed by atoms with Crippen LogP contribution in [-0.4, -0.2) is 20.7 Å². The van der Waals surface area contributed by atoms with Crippen LogP contribution in [0, 0.1) is 5.92 Å². The Bertz CT molecular complexity index is 999. The Hall–Kier alpha value is -2.59. The van der Waals surface area contributed by atoms with Gasteiger partial charge in [-0.2, -0.15) is 0 Å². The van der Waals surface area contributed by atoms with Gasteiger partial charge in [-0.25, -0.2) is 8.42 Å². The third-order valence-electron chi connectivity index (χ3n) is 4.86. The van der Waals surface area contributed by atoms with Crippen LogP contribution < -0.4 is 5.32 Å². The molecule has 0 radical (unpaired) electrons. The molecular weight excluding hydrogens is 342 g/mol. The smallest absolute Gasteiger partial charge is 0.178 e. The number of sulfone groups is 1. The highest BCUT2D eigenvalue weighted by Crippen LogP contribution is 2.31. The van der Waals surface area contributed by atoms with E-state index in [0.717, 1.165) is 17.7 Å². The second-order valence-electron chi connectivity index (χ2n) is 6.78. The summed E-state index contributed by atoms with van der Waals surface area (Å²) < 4.78 is 25.3. The predicted octanol–water partition coefficient (Wildman–Crippen LogP) is 4.41. The Morgan fingerprint density at radius 2 is 1.54 bits per heavy atom. The number of anilines is 1. The second kappa shape index (κ2) is 6.96. The molecule has 1 atom stereocenters. The third kappa shape index (κ3) is 3.51. The summed E-state index contributed by atoms with van der Waals surface area (Å²) in [7, 11) is -3.26. The molecule has 1 aliphatic rings. The van der Waals surface area contributed by atoms with Crippen LogP contribution in [0.1, 0.15) is 5.56 Å². The van der Waals surface area contributed by atoms with Crippen molar-refractivity contribution in [3.63, 3.8) is 0 Å². The summed E-state index contributed by atoms with van der Waals surface area (Å²) in [6.07, 6.45) is 0.773. The van der Waals surface area contributed by atoms with Crippen molar-refractivity contribution in [3.05, 3.63) is 84.4 Å². The van der Waals surface area contributed by atoms with Crippen LogP contribution in [0.2, 0.25) is 0 Å². The first-order chi connectivity index (χ1) is 12.6. The van der Waals surface area contributed by atoms with Crippen molar-refractivity contribution in [2.24, 2.45) is 5.92 Å². The highest BCUT2D eigenvalue weighted by Gasteiger charge is 2.25. The van der Waals surface area contributed by atoms with E-state index >= 15 is 0 Å². The summed E-state index contributed by atoms with van der Waals surface area (Å²) in [5, 5.41) is 3.40. The van der Waals surface area contributed by atoms with Gasteiger partial charge in [0.25, 0.3) is 0 Å². The Labute approximate surface area is 154 Å². The van der Waals surface area contributed by atoms with Crippen LogP contribution in [0.15, 0.2) is 83.8 Å². The maximum atomic E-state index is 12.7. The molecule has 4 heteroatoms. The minimum absolute atomic E-state index is 0.0683. The maximum absolute atomic E-state index is 12.7. The van der Waals surface area contributed by atoms with Gasteiger partial charge in [-0.05, 0) is 53.3 Å². The Kier molecular flexibility index (Phi) is 4.51. The van der Waals surface area contributed by atoms with Gasteiger partial charge in [0.1, 0.15) is 0 Å². The molecule has 1 heterocycles. The van der Waals surface area contributed by atoms with E-state index in [2.05, 4.69) is 35.6 Å². The minimum atomic E-state index is -3.26. The number of rotatable bonds is 4. The van der Waals surface area contributed by atoms with Crippen LogP contribution in [0.25, 0.3) is 11.1 Å². The van der Waals surface area contributed by atoms with Crippen molar-refractivity contribution in [1.82, 2.24) is 0 Å². The first-order valence-corrected chi connectivity index (χ1v) is 10.5. The van der Waals surface area contributed by atoms with Gasteiger partial charge in [-0.1, -0.05) is 54.6 Å². The molecule has 3 aromatic carbocycles. The van der Waals surface area contributed by atoms with Crippen molar-refractivity contribution in [3.8, 4) is 11.1 Å².